The number of amides is 2. The van der Waals surface area contributed by atoms with Crippen LogP contribution in [0, 0.1) is 0 Å². The summed E-state index contributed by atoms with van der Waals surface area (Å²) in [5, 5.41) is 11.2. The number of hydrogen-bond acceptors (Lipinski definition) is 2. The topological polar surface area (TPSA) is 92.4 Å². The van der Waals surface area contributed by atoms with Crippen molar-refractivity contribution in [3.05, 3.63) is 0 Å². The van der Waals surface area contributed by atoms with E-state index in [2.05, 4.69) is 12.2 Å². The summed E-state index contributed by atoms with van der Waals surface area (Å²) < 4.78 is 0. The fraction of sp³-hybridized carbons (Fsp3) is 0.895. The van der Waals surface area contributed by atoms with Gasteiger partial charge in [-0.15, -0.1) is 0 Å². The van der Waals surface area contributed by atoms with Crippen LogP contribution in [-0.2, 0) is 4.79 Å². The van der Waals surface area contributed by atoms with Crippen molar-refractivity contribution in [1.29, 1.82) is 0 Å². The van der Waals surface area contributed by atoms with Gasteiger partial charge in [0, 0.05) is 0 Å². The minimum atomic E-state index is -1.01. The van der Waals surface area contributed by atoms with Gasteiger partial charge in [0.05, 0.1) is 0 Å². The third-order valence-electron chi connectivity index (χ3n) is 4.46. The van der Waals surface area contributed by atoms with Crippen molar-refractivity contribution in [2.75, 3.05) is 0 Å². The van der Waals surface area contributed by atoms with Crippen molar-refractivity contribution in [3.8, 4) is 0 Å². The number of aliphatic carboxylic acids is 1. The van der Waals surface area contributed by atoms with Gasteiger partial charge in [-0.2, -0.15) is 0 Å². The first-order valence-corrected chi connectivity index (χ1v) is 9.86. The van der Waals surface area contributed by atoms with Crippen molar-refractivity contribution in [2.24, 2.45) is 5.73 Å². The van der Waals surface area contributed by atoms with Crippen LogP contribution in [0.5, 0.6) is 0 Å². The van der Waals surface area contributed by atoms with E-state index in [1.807, 2.05) is 0 Å². The zero-order chi connectivity index (χ0) is 18.0. The van der Waals surface area contributed by atoms with Crippen molar-refractivity contribution >= 4 is 12.0 Å². The van der Waals surface area contributed by atoms with Crippen LogP contribution in [0.2, 0.25) is 0 Å². The van der Waals surface area contributed by atoms with Crippen molar-refractivity contribution in [3.63, 3.8) is 0 Å². The third-order valence-corrected chi connectivity index (χ3v) is 4.46. The van der Waals surface area contributed by atoms with Crippen LogP contribution in [0.1, 0.15) is 103 Å². The lowest BCUT2D eigenvalue weighted by atomic mass is 10.0. The average Bonchev–Trinajstić information content (AvgIpc) is 2.53. The molecule has 0 aromatic carbocycles. The quantitative estimate of drug-likeness (QED) is 0.325. The molecule has 0 aliphatic heterocycles. The lowest BCUT2D eigenvalue weighted by molar-refractivity contribution is -0.139. The first kappa shape index (κ1) is 22.7. The SMILES string of the molecule is CCCCCCCCCCCCCCCCC(NC(N)=O)C(=O)O. The van der Waals surface area contributed by atoms with Gasteiger partial charge in [0.15, 0.2) is 0 Å². The summed E-state index contributed by atoms with van der Waals surface area (Å²) in [4.78, 5) is 21.6. The fourth-order valence-electron chi connectivity index (χ4n) is 2.97. The second-order valence-electron chi connectivity index (χ2n) is 6.78. The van der Waals surface area contributed by atoms with E-state index in [0.717, 1.165) is 19.3 Å². The summed E-state index contributed by atoms with van der Waals surface area (Å²) in [6.45, 7) is 2.25. The highest BCUT2D eigenvalue weighted by Crippen LogP contribution is 2.13. The molecule has 4 N–H and O–H groups in total. The van der Waals surface area contributed by atoms with Gasteiger partial charge in [-0.05, 0) is 6.42 Å². The van der Waals surface area contributed by atoms with E-state index in [9.17, 15) is 9.59 Å². The number of primary amides is 1. The molecule has 1 atom stereocenters. The number of rotatable bonds is 17. The lowest BCUT2D eigenvalue weighted by Crippen LogP contribution is -2.43. The second-order valence-corrected chi connectivity index (χ2v) is 6.78. The van der Waals surface area contributed by atoms with Crippen LogP contribution in [0.25, 0.3) is 0 Å². The van der Waals surface area contributed by atoms with Gasteiger partial charge < -0.3 is 16.2 Å². The molecule has 0 aromatic heterocycles. The number of carboxylic acids is 1. The van der Waals surface area contributed by atoms with Crippen LogP contribution < -0.4 is 11.1 Å². The molecule has 0 aliphatic carbocycles. The maximum Gasteiger partial charge on any atom is 0.326 e. The van der Waals surface area contributed by atoms with Crippen molar-refractivity contribution in [1.82, 2.24) is 5.32 Å². The van der Waals surface area contributed by atoms with E-state index in [4.69, 9.17) is 10.8 Å². The molecule has 0 radical (unpaired) electrons. The van der Waals surface area contributed by atoms with Crippen LogP contribution >= 0.6 is 0 Å². The number of hydrogen-bond donors (Lipinski definition) is 3. The minimum Gasteiger partial charge on any atom is -0.480 e. The Labute approximate surface area is 147 Å². The lowest BCUT2D eigenvalue weighted by Gasteiger charge is -2.12. The molecule has 2 amide bonds. The maximum absolute atomic E-state index is 10.9. The number of urea groups is 1. The summed E-state index contributed by atoms with van der Waals surface area (Å²) in [6, 6.07) is -1.62. The number of unbranched alkanes of at least 4 members (excludes halogenated alkanes) is 13. The van der Waals surface area contributed by atoms with Gasteiger partial charge in [0.25, 0.3) is 0 Å². The number of carbonyl (C=O) groups is 2. The van der Waals surface area contributed by atoms with Gasteiger partial charge in [-0.1, -0.05) is 96.8 Å². The summed E-state index contributed by atoms with van der Waals surface area (Å²) in [7, 11) is 0. The number of carboxylic acid groups (broad SMARTS) is 1. The Hall–Kier alpha value is -1.26. The van der Waals surface area contributed by atoms with E-state index in [-0.39, 0.29) is 0 Å². The Morgan fingerprint density at radius 3 is 1.50 bits per heavy atom. The van der Waals surface area contributed by atoms with Gasteiger partial charge in [0.1, 0.15) is 6.04 Å². The first-order valence-electron chi connectivity index (χ1n) is 9.86. The molecule has 24 heavy (non-hydrogen) atoms. The molecule has 0 saturated heterocycles. The minimum absolute atomic E-state index is 0.455. The Kier molecular flexibility index (Phi) is 15.7. The van der Waals surface area contributed by atoms with E-state index >= 15 is 0 Å². The van der Waals surface area contributed by atoms with Crippen LogP contribution in [0.3, 0.4) is 0 Å². The monoisotopic (exact) mass is 342 g/mol. The molecule has 0 heterocycles. The Balaban J connectivity index is 3.30. The molecule has 5 heteroatoms. The number of carbonyl (C=O) groups excluding carboxylic acids is 1. The van der Waals surface area contributed by atoms with Crippen LogP contribution in [-0.4, -0.2) is 23.1 Å². The smallest absolute Gasteiger partial charge is 0.326 e. The molecule has 0 aromatic rings. The average molecular weight is 343 g/mol. The summed E-state index contributed by atoms with van der Waals surface area (Å²) in [5.74, 6) is -1.01. The van der Waals surface area contributed by atoms with E-state index in [1.54, 1.807) is 0 Å². The summed E-state index contributed by atoms with van der Waals surface area (Å²) in [6.07, 6.45) is 18.2. The highest BCUT2D eigenvalue weighted by Gasteiger charge is 2.17. The highest BCUT2D eigenvalue weighted by molar-refractivity contribution is 5.81. The van der Waals surface area contributed by atoms with Crippen LogP contribution in [0.15, 0.2) is 0 Å². The zero-order valence-electron chi connectivity index (χ0n) is 15.5. The largest absolute Gasteiger partial charge is 0.480 e. The summed E-state index contributed by atoms with van der Waals surface area (Å²) in [5.41, 5.74) is 4.97. The molecule has 0 aliphatic rings. The van der Waals surface area contributed by atoms with E-state index in [1.165, 1.54) is 70.6 Å². The van der Waals surface area contributed by atoms with E-state index < -0.39 is 18.0 Å². The Morgan fingerprint density at radius 2 is 1.17 bits per heavy atom. The summed E-state index contributed by atoms with van der Waals surface area (Å²) >= 11 is 0. The fourth-order valence-corrected chi connectivity index (χ4v) is 2.97. The number of nitrogens with one attached hydrogen (secondary N) is 1. The Morgan fingerprint density at radius 1 is 0.792 bits per heavy atom. The maximum atomic E-state index is 10.9. The second kappa shape index (κ2) is 16.6. The molecular formula is C19H38N2O3. The normalized spacial score (nSPS) is 12.0. The van der Waals surface area contributed by atoms with E-state index in [0.29, 0.717) is 6.42 Å². The zero-order valence-corrected chi connectivity index (χ0v) is 15.5. The molecule has 0 rings (SSSR count). The molecule has 0 spiro atoms. The highest BCUT2D eigenvalue weighted by atomic mass is 16.4. The van der Waals surface area contributed by atoms with Gasteiger partial charge >= 0.3 is 12.0 Å². The van der Waals surface area contributed by atoms with Gasteiger partial charge in [-0.25, -0.2) is 9.59 Å². The molecular weight excluding hydrogens is 304 g/mol. The molecule has 5 nitrogen and oxygen atoms in total. The Bertz CT molecular complexity index is 322. The third kappa shape index (κ3) is 15.6. The first-order chi connectivity index (χ1) is 11.6. The van der Waals surface area contributed by atoms with Crippen LogP contribution in [0.4, 0.5) is 4.79 Å². The molecule has 0 saturated carbocycles. The number of nitrogens with two attached hydrogens (primary N) is 1. The standard InChI is InChI=1S/C19H38N2O3/c1-2-3-4-5-6-7-8-9-10-11-12-13-14-15-16-17(18(22)23)21-19(20)24/h17H,2-16H2,1H3,(H,22,23)(H3,20,21,24). The predicted molar refractivity (Wildman–Crippen MR) is 99.1 cm³/mol. The van der Waals surface area contributed by atoms with Gasteiger partial charge in [-0.3, -0.25) is 0 Å². The molecule has 1 unspecified atom stereocenters. The molecule has 0 fully saturated rings. The predicted octanol–water partition coefficient (Wildman–Crippen LogP) is 4.98. The molecule has 0 bridgehead atoms. The van der Waals surface area contributed by atoms with Crippen molar-refractivity contribution < 1.29 is 14.7 Å². The van der Waals surface area contributed by atoms with Gasteiger partial charge in [0.2, 0.25) is 0 Å². The molecule has 142 valence electrons. The van der Waals surface area contributed by atoms with Crippen molar-refractivity contribution in [2.45, 2.75) is 109 Å².